The number of rotatable bonds is 6. The molecule has 0 saturated carbocycles. The van der Waals surface area contributed by atoms with Crippen LogP contribution in [0.4, 0.5) is 20.6 Å². The first kappa shape index (κ1) is 20.5. The van der Waals surface area contributed by atoms with Gasteiger partial charge in [0.1, 0.15) is 17.6 Å². The van der Waals surface area contributed by atoms with Crippen molar-refractivity contribution in [1.29, 1.82) is 0 Å². The van der Waals surface area contributed by atoms with E-state index in [9.17, 15) is 23.6 Å². The molecule has 7 nitrogen and oxygen atoms in total. The van der Waals surface area contributed by atoms with Gasteiger partial charge in [-0.25, -0.2) is 4.39 Å². The van der Waals surface area contributed by atoms with Crippen LogP contribution in [0.15, 0.2) is 48.5 Å². The predicted octanol–water partition coefficient (Wildman–Crippen LogP) is 3.17. The Balaban J connectivity index is 1.55. The minimum atomic E-state index is -0.908. The van der Waals surface area contributed by atoms with Gasteiger partial charge in [-0.05, 0) is 48.9 Å². The molecule has 0 radical (unpaired) electrons. The van der Waals surface area contributed by atoms with E-state index in [2.05, 4.69) is 10.6 Å². The van der Waals surface area contributed by atoms with Gasteiger partial charge in [0, 0.05) is 17.8 Å². The molecule has 0 aromatic heterocycles. The van der Waals surface area contributed by atoms with Crippen LogP contribution in [0.5, 0.6) is 0 Å². The van der Waals surface area contributed by atoms with E-state index in [0.29, 0.717) is 23.1 Å². The number of halogens is 1. The van der Waals surface area contributed by atoms with Crippen molar-refractivity contribution >= 4 is 46.1 Å². The fourth-order valence-corrected chi connectivity index (χ4v) is 3.74. The van der Waals surface area contributed by atoms with Crippen LogP contribution in [0.25, 0.3) is 0 Å². The van der Waals surface area contributed by atoms with Crippen molar-refractivity contribution in [2.24, 2.45) is 0 Å². The predicted molar refractivity (Wildman–Crippen MR) is 108 cm³/mol. The molecule has 0 aliphatic carbocycles. The number of aryl methyl sites for hydroxylation is 1. The molecule has 0 bridgehead atoms. The number of thioether (sulfide) groups is 1. The normalized spacial score (nSPS) is 16.1. The molecule has 9 heteroatoms. The molecule has 1 aliphatic heterocycles. The molecule has 2 N–H and O–H groups in total. The summed E-state index contributed by atoms with van der Waals surface area (Å²) in [6.45, 7) is 1.45. The maximum Gasteiger partial charge on any atom is 0.289 e. The van der Waals surface area contributed by atoms with Gasteiger partial charge in [0.15, 0.2) is 0 Å². The van der Waals surface area contributed by atoms with E-state index in [1.165, 1.54) is 24.3 Å². The van der Waals surface area contributed by atoms with Crippen molar-refractivity contribution in [3.63, 3.8) is 0 Å². The van der Waals surface area contributed by atoms with Crippen LogP contribution in [0.2, 0.25) is 0 Å². The summed E-state index contributed by atoms with van der Waals surface area (Å²) in [5.41, 5.74) is 1.91. The summed E-state index contributed by atoms with van der Waals surface area (Å²) >= 11 is 0.710. The number of benzene rings is 2. The zero-order valence-corrected chi connectivity index (χ0v) is 16.3. The number of imide groups is 1. The maximum absolute atomic E-state index is 12.9. The first-order valence-corrected chi connectivity index (χ1v) is 9.64. The second-order valence-electron chi connectivity index (χ2n) is 6.47. The van der Waals surface area contributed by atoms with Gasteiger partial charge in [0.25, 0.3) is 5.24 Å². The first-order chi connectivity index (χ1) is 13.8. The standard InChI is InChI=1S/C20H18FN3O4S/c1-12-3-2-4-15(9-12)23-18(26)11-24-19(27)16(29-20(24)28)10-17(25)22-14-7-5-13(21)6-8-14/h2-9,16H,10-11H2,1H3,(H,22,25)(H,23,26). The highest BCUT2D eigenvalue weighted by Crippen LogP contribution is 2.29. The number of anilines is 2. The van der Waals surface area contributed by atoms with E-state index >= 15 is 0 Å². The smallest absolute Gasteiger partial charge is 0.289 e. The maximum atomic E-state index is 12.9. The Labute approximate surface area is 170 Å². The number of hydrogen-bond acceptors (Lipinski definition) is 5. The van der Waals surface area contributed by atoms with Crippen molar-refractivity contribution in [1.82, 2.24) is 4.90 Å². The second kappa shape index (κ2) is 8.87. The van der Waals surface area contributed by atoms with E-state index in [-0.39, 0.29) is 6.42 Å². The molecule has 4 amide bonds. The van der Waals surface area contributed by atoms with Gasteiger partial charge >= 0.3 is 0 Å². The zero-order chi connectivity index (χ0) is 21.0. The Morgan fingerprint density at radius 2 is 1.72 bits per heavy atom. The monoisotopic (exact) mass is 415 g/mol. The lowest BCUT2D eigenvalue weighted by Gasteiger charge is -2.14. The van der Waals surface area contributed by atoms with E-state index in [4.69, 9.17) is 0 Å². The Kier molecular flexibility index (Phi) is 6.28. The molecule has 150 valence electrons. The van der Waals surface area contributed by atoms with Crippen molar-refractivity contribution < 1.29 is 23.6 Å². The third kappa shape index (κ3) is 5.41. The first-order valence-electron chi connectivity index (χ1n) is 8.76. The summed E-state index contributed by atoms with van der Waals surface area (Å²) < 4.78 is 12.9. The van der Waals surface area contributed by atoms with E-state index in [1.807, 2.05) is 13.0 Å². The lowest BCUT2D eigenvalue weighted by Crippen LogP contribution is -2.38. The highest BCUT2D eigenvalue weighted by molar-refractivity contribution is 8.15. The Bertz CT molecular complexity index is 964. The van der Waals surface area contributed by atoms with Crippen molar-refractivity contribution in [2.45, 2.75) is 18.6 Å². The van der Waals surface area contributed by atoms with Crippen LogP contribution in [0.3, 0.4) is 0 Å². The van der Waals surface area contributed by atoms with Crippen LogP contribution >= 0.6 is 11.8 Å². The van der Waals surface area contributed by atoms with Crippen LogP contribution in [-0.4, -0.2) is 39.7 Å². The molecule has 1 heterocycles. The van der Waals surface area contributed by atoms with Gasteiger partial charge in [-0.3, -0.25) is 24.1 Å². The summed E-state index contributed by atoms with van der Waals surface area (Å²) in [5.74, 6) is -2.01. The van der Waals surface area contributed by atoms with Crippen molar-refractivity contribution in [2.75, 3.05) is 17.2 Å². The molecule has 2 aromatic carbocycles. The highest BCUT2D eigenvalue weighted by atomic mass is 32.2. The van der Waals surface area contributed by atoms with Crippen LogP contribution in [0.1, 0.15) is 12.0 Å². The van der Waals surface area contributed by atoms with Gasteiger partial charge in [0.2, 0.25) is 17.7 Å². The van der Waals surface area contributed by atoms with Crippen molar-refractivity contribution in [3.05, 3.63) is 59.9 Å². The average molecular weight is 415 g/mol. The van der Waals surface area contributed by atoms with Crippen LogP contribution < -0.4 is 10.6 Å². The van der Waals surface area contributed by atoms with Gasteiger partial charge in [-0.2, -0.15) is 0 Å². The van der Waals surface area contributed by atoms with Crippen molar-refractivity contribution in [3.8, 4) is 0 Å². The molecule has 1 aliphatic rings. The molecule has 1 atom stereocenters. The topological polar surface area (TPSA) is 95.6 Å². The number of hydrogen-bond donors (Lipinski definition) is 2. The molecule has 0 spiro atoms. The molecular weight excluding hydrogens is 397 g/mol. The third-order valence-electron chi connectivity index (χ3n) is 4.11. The average Bonchev–Trinajstić information content (AvgIpc) is 2.91. The summed E-state index contributed by atoms with van der Waals surface area (Å²) in [6, 6.07) is 12.3. The largest absolute Gasteiger partial charge is 0.326 e. The van der Waals surface area contributed by atoms with E-state index < -0.39 is 40.6 Å². The van der Waals surface area contributed by atoms with Gasteiger partial charge in [-0.15, -0.1) is 0 Å². The number of nitrogens with one attached hydrogen (secondary N) is 2. The van der Waals surface area contributed by atoms with E-state index in [0.717, 1.165) is 10.5 Å². The highest BCUT2D eigenvalue weighted by Gasteiger charge is 2.41. The molecule has 3 rings (SSSR count). The Morgan fingerprint density at radius 3 is 2.41 bits per heavy atom. The number of carbonyl (C=O) groups is 4. The van der Waals surface area contributed by atoms with Crippen LogP contribution in [0, 0.1) is 12.7 Å². The second-order valence-corrected chi connectivity index (χ2v) is 7.63. The number of amides is 4. The van der Waals surface area contributed by atoms with Crippen LogP contribution in [-0.2, 0) is 14.4 Å². The number of carbonyl (C=O) groups excluding carboxylic acids is 4. The molecule has 2 aromatic rings. The number of nitrogens with zero attached hydrogens (tertiary/aromatic N) is 1. The lowest BCUT2D eigenvalue weighted by atomic mass is 10.2. The molecular formula is C20H18FN3O4S. The fraction of sp³-hybridized carbons (Fsp3) is 0.200. The minimum absolute atomic E-state index is 0.234. The Hall–Kier alpha value is -3.20. The van der Waals surface area contributed by atoms with E-state index in [1.54, 1.807) is 18.2 Å². The lowest BCUT2D eigenvalue weighted by molar-refractivity contribution is -0.131. The minimum Gasteiger partial charge on any atom is -0.326 e. The van der Waals surface area contributed by atoms with Gasteiger partial charge in [-0.1, -0.05) is 23.9 Å². The van der Waals surface area contributed by atoms with Gasteiger partial charge < -0.3 is 10.6 Å². The van der Waals surface area contributed by atoms with Gasteiger partial charge in [0.05, 0.1) is 0 Å². The summed E-state index contributed by atoms with van der Waals surface area (Å²) in [6.07, 6.45) is -0.234. The molecule has 1 fully saturated rings. The quantitative estimate of drug-likeness (QED) is 0.756. The zero-order valence-electron chi connectivity index (χ0n) is 15.5. The SMILES string of the molecule is Cc1cccc(NC(=O)CN2C(=O)SC(CC(=O)Nc3ccc(F)cc3)C2=O)c1. The summed E-state index contributed by atoms with van der Waals surface area (Å²) in [7, 11) is 0. The Morgan fingerprint density at radius 1 is 1.03 bits per heavy atom. The molecule has 1 saturated heterocycles. The molecule has 1 unspecified atom stereocenters. The fourth-order valence-electron chi connectivity index (χ4n) is 2.75. The third-order valence-corrected chi connectivity index (χ3v) is 5.18. The summed E-state index contributed by atoms with van der Waals surface area (Å²) in [5, 5.41) is 3.70. The molecule has 29 heavy (non-hydrogen) atoms. The summed E-state index contributed by atoms with van der Waals surface area (Å²) in [4.78, 5) is 49.8.